The summed E-state index contributed by atoms with van der Waals surface area (Å²) in [5.74, 6) is 0.0389. The van der Waals surface area contributed by atoms with Gasteiger partial charge in [0, 0.05) is 42.2 Å². The third kappa shape index (κ3) is 3.75. The van der Waals surface area contributed by atoms with Crippen LogP contribution in [0, 0.1) is 0 Å². The highest BCUT2D eigenvalue weighted by Crippen LogP contribution is 2.29. The van der Waals surface area contributed by atoms with Crippen molar-refractivity contribution in [3.8, 4) is 0 Å². The van der Waals surface area contributed by atoms with Crippen molar-refractivity contribution in [2.24, 2.45) is 0 Å². The van der Waals surface area contributed by atoms with E-state index in [1.54, 1.807) is 24.3 Å². The van der Waals surface area contributed by atoms with Crippen molar-refractivity contribution in [3.05, 3.63) is 70.2 Å². The van der Waals surface area contributed by atoms with Gasteiger partial charge in [-0.2, -0.15) is 0 Å². The molecule has 0 aromatic heterocycles. The number of ketones is 1. The van der Waals surface area contributed by atoms with E-state index in [0.29, 0.717) is 35.7 Å². The highest BCUT2D eigenvalue weighted by molar-refractivity contribution is 6.31. The molecule has 1 unspecified atom stereocenters. The van der Waals surface area contributed by atoms with Crippen LogP contribution < -0.4 is 5.32 Å². The molecule has 0 radical (unpaired) electrons. The van der Waals surface area contributed by atoms with Crippen molar-refractivity contribution >= 4 is 23.3 Å². The van der Waals surface area contributed by atoms with Gasteiger partial charge in [-0.1, -0.05) is 48.9 Å². The average molecular weight is 357 g/mol. The van der Waals surface area contributed by atoms with Crippen LogP contribution in [0.25, 0.3) is 0 Å². The maximum atomic E-state index is 13.0. The smallest absolute Gasteiger partial charge is 0.254 e. The number of carbonyl (C=O) groups is 2. The van der Waals surface area contributed by atoms with Crippen LogP contribution in [0.1, 0.15) is 45.7 Å². The zero-order chi connectivity index (χ0) is 17.8. The summed E-state index contributed by atoms with van der Waals surface area (Å²) in [4.78, 5) is 26.6. The highest BCUT2D eigenvalue weighted by atomic mass is 35.5. The standard InChI is InChI=1S/C20H21ClN2O2/c1-2-19(24)14-7-9-15(10-8-14)20(25)23-12-11-22-13-18(23)16-5-3-4-6-17(16)21/h3-10,18,22H,2,11-13H2,1H3. The van der Waals surface area contributed by atoms with Gasteiger partial charge in [-0.15, -0.1) is 0 Å². The largest absolute Gasteiger partial charge is 0.329 e. The summed E-state index contributed by atoms with van der Waals surface area (Å²) in [5, 5.41) is 4.00. The summed E-state index contributed by atoms with van der Waals surface area (Å²) in [6.45, 7) is 3.86. The van der Waals surface area contributed by atoms with Crippen LogP contribution in [-0.2, 0) is 0 Å². The van der Waals surface area contributed by atoms with Gasteiger partial charge in [0.25, 0.3) is 5.91 Å². The maximum absolute atomic E-state index is 13.0. The first-order chi connectivity index (χ1) is 12.1. The lowest BCUT2D eigenvalue weighted by atomic mass is 10.0. The van der Waals surface area contributed by atoms with E-state index < -0.39 is 0 Å². The Hall–Kier alpha value is -2.17. The molecule has 2 aromatic rings. The van der Waals surface area contributed by atoms with Crippen molar-refractivity contribution < 1.29 is 9.59 Å². The van der Waals surface area contributed by atoms with Crippen LogP contribution in [0.15, 0.2) is 48.5 Å². The molecule has 1 heterocycles. The molecule has 0 spiro atoms. The Balaban J connectivity index is 1.86. The van der Waals surface area contributed by atoms with Crippen molar-refractivity contribution in [1.29, 1.82) is 0 Å². The number of nitrogens with one attached hydrogen (secondary N) is 1. The first-order valence-corrected chi connectivity index (χ1v) is 8.89. The summed E-state index contributed by atoms with van der Waals surface area (Å²) in [7, 11) is 0. The topological polar surface area (TPSA) is 49.4 Å². The lowest BCUT2D eigenvalue weighted by Gasteiger charge is -2.37. The summed E-state index contributed by atoms with van der Waals surface area (Å²) >= 11 is 6.34. The molecule has 130 valence electrons. The maximum Gasteiger partial charge on any atom is 0.254 e. The van der Waals surface area contributed by atoms with Crippen molar-refractivity contribution in [2.75, 3.05) is 19.6 Å². The Kier molecular flexibility index (Phi) is 5.51. The first-order valence-electron chi connectivity index (χ1n) is 8.51. The van der Waals surface area contributed by atoms with Gasteiger partial charge in [-0.3, -0.25) is 9.59 Å². The predicted octanol–water partition coefficient (Wildman–Crippen LogP) is 3.72. The normalized spacial score (nSPS) is 17.4. The third-order valence-electron chi connectivity index (χ3n) is 4.54. The summed E-state index contributed by atoms with van der Waals surface area (Å²) in [6, 6.07) is 14.4. The number of Topliss-reactive ketones (excluding diaryl/α,β-unsaturated/α-hetero) is 1. The zero-order valence-corrected chi connectivity index (χ0v) is 14.9. The molecule has 3 rings (SSSR count). The Morgan fingerprint density at radius 2 is 1.80 bits per heavy atom. The summed E-state index contributed by atoms with van der Waals surface area (Å²) in [6.07, 6.45) is 0.458. The van der Waals surface area contributed by atoms with E-state index in [-0.39, 0.29) is 17.7 Å². The second-order valence-corrected chi connectivity index (χ2v) is 6.50. The van der Waals surface area contributed by atoms with Gasteiger partial charge in [-0.05, 0) is 23.8 Å². The lowest BCUT2D eigenvalue weighted by Crippen LogP contribution is -2.48. The molecular formula is C20H21ClN2O2. The third-order valence-corrected chi connectivity index (χ3v) is 4.89. The molecule has 5 heteroatoms. The molecule has 1 amide bonds. The number of amides is 1. The zero-order valence-electron chi connectivity index (χ0n) is 14.2. The SMILES string of the molecule is CCC(=O)c1ccc(C(=O)N2CCNCC2c2ccccc2Cl)cc1. The molecule has 4 nitrogen and oxygen atoms in total. The molecule has 0 saturated carbocycles. The number of nitrogens with zero attached hydrogens (tertiary/aromatic N) is 1. The van der Waals surface area contributed by atoms with Crippen LogP contribution in [0.5, 0.6) is 0 Å². The Morgan fingerprint density at radius 3 is 2.48 bits per heavy atom. The summed E-state index contributed by atoms with van der Waals surface area (Å²) < 4.78 is 0. The number of benzene rings is 2. The first kappa shape index (κ1) is 17.6. The van der Waals surface area contributed by atoms with Crippen LogP contribution in [0.2, 0.25) is 5.02 Å². The van der Waals surface area contributed by atoms with E-state index in [1.807, 2.05) is 36.1 Å². The van der Waals surface area contributed by atoms with Crippen LogP contribution in [-0.4, -0.2) is 36.2 Å². The average Bonchev–Trinajstić information content (AvgIpc) is 2.67. The number of halogens is 1. The summed E-state index contributed by atoms with van der Waals surface area (Å²) in [5.41, 5.74) is 2.18. The van der Waals surface area contributed by atoms with Gasteiger partial charge >= 0.3 is 0 Å². The van der Waals surface area contributed by atoms with Gasteiger partial charge < -0.3 is 10.2 Å². The molecule has 0 bridgehead atoms. The Labute approximate surface area is 152 Å². The van der Waals surface area contributed by atoms with E-state index in [2.05, 4.69) is 5.32 Å². The van der Waals surface area contributed by atoms with Gasteiger partial charge in [0.2, 0.25) is 0 Å². The quantitative estimate of drug-likeness (QED) is 0.849. The molecule has 1 saturated heterocycles. The number of hydrogen-bond donors (Lipinski definition) is 1. The molecule has 1 aliphatic heterocycles. The number of carbonyl (C=O) groups excluding carboxylic acids is 2. The monoisotopic (exact) mass is 356 g/mol. The highest BCUT2D eigenvalue weighted by Gasteiger charge is 2.29. The minimum absolute atomic E-state index is 0.0399. The van der Waals surface area contributed by atoms with Crippen LogP contribution in [0.3, 0.4) is 0 Å². The van der Waals surface area contributed by atoms with E-state index >= 15 is 0 Å². The molecule has 1 fully saturated rings. The number of hydrogen-bond acceptors (Lipinski definition) is 3. The van der Waals surface area contributed by atoms with E-state index in [1.165, 1.54) is 0 Å². The molecular weight excluding hydrogens is 336 g/mol. The number of rotatable bonds is 4. The second-order valence-electron chi connectivity index (χ2n) is 6.09. The molecule has 1 N–H and O–H groups in total. The Morgan fingerprint density at radius 1 is 1.12 bits per heavy atom. The molecule has 0 aliphatic carbocycles. The fourth-order valence-electron chi connectivity index (χ4n) is 3.14. The fourth-order valence-corrected chi connectivity index (χ4v) is 3.40. The fraction of sp³-hybridized carbons (Fsp3) is 0.300. The minimum atomic E-state index is -0.105. The Bertz CT molecular complexity index is 774. The van der Waals surface area contributed by atoms with Gasteiger partial charge in [0.15, 0.2) is 5.78 Å². The van der Waals surface area contributed by atoms with Gasteiger partial charge in [0.1, 0.15) is 0 Å². The second kappa shape index (κ2) is 7.81. The molecule has 2 aromatic carbocycles. The number of piperazine rings is 1. The van der Waals surface area contributed by atoms with Crippen molar-refractivity contribution in [3.63, 3.8) is 0 Å². The molecule has 1 atom stereocenters. The minimum Gasteiger partial charge on any atom is -0.329 e. The van der Waals surface area contributed by atoms with Gasteiger partial charge in [0.05, 0.1) is 6.04 Å². The van der Waals surface area contributed by atoms with E-state index in [0.717, 1.165) is 12.1 Å². The van der Waals surface area contributed by atoms with Crippen molar-refractivity contribution in [2.45, 2.75) is 19.4 Å². The molecule has 25 heavy (non-hydrogen) atoms. The predicted molar refractivity (Wildman–Crippen MR) is 99.2 cm³/mol. The van der Waals surface area contributed by atoms with Crippen molar-refractivity contribution in [1.82, 2.24) is 10.2 Å². The van der Waals surface area contributed by atoms with E-state index in [4.69, 9.17) is 11.6 Å². The molecule has 1 aliphatic rings. The van der Waals surface area contributed by atoms with Gasteiger partial charge in [-0.25, -0.2) is 0 Å². The van der Waals surface area contributed by atoms with E-state index in [9.17, 15) is 9.59 Å². The van der Waals surface area contributed by atoms with Crippen LogP contribution in [0.4, 0.5) is 0 Å². The lowest BCUT2D eigenvalue weighted by molar-refractivity contribution is 0.0634. The van der Waals surface area contributed by atoms with Crippen LogP contribution >= 0.6 is 11.6 Å².